The van der Waals surface area contributed by atoms with Crippen LogP contribution in [0.3, 0.4) is 0 Å². The highest BCUT2D eigenvalue weighted by Gasteiger charge is 2.36. The van der Waals surface area contributed by atoms with Crippen LogP contribution < -0.4 is 0 Å². The highest BCUT2D eigenvalue weighted by Crippen LogP contribution is 2.28. The fourth-order valence-corrected chi connectivity index (χ4v) is 3.94. The Morgan fingerprint density at radius 2 is 2.17 bits per heavy atom. The van der Waals surface area contributed by atoms with Crippen molar-refractivity contribution in [1.82, 2.24) is 4.90 Å². The topological polar surface area (TPSA) is 99.0 Å². The highest BCUT2D eigenvalue weighted by molar-refractivity contribution is 7.17. The maximum atomic E-state index is 12.4. The largest absolute Gasteiger partial charge is 0.451 e. The second-order valence-corrected chi connectivity index (χ2v) is 6.88. The number of rotatable bonds is 4. The molecule has 24 heavy (non-hydrogen) atoms. The third-order valence-corrected chi connectivity index (χ3v) is 5.37. The molecule has 0 bridgehead atoms. The molecule has 1 aliphatic carbocycles. The van der Waals surface area contributed by atoms with Gasteiger partial charge in [0.15, 0.2) is 6.61 Å². The van der Waals surface area contributed by atoms with E-state index in [4.69, 9.17) is 9.47 Å². The Kier molecular flexibility index (Phi) is 5.10. The smallest absolute Gasteiger partial charge is 0.349 e. The molecule has 0 N–H and O–H groups in total. The molecule has 0 spiro atoms. The van der Waals surface area contributed by atoms with Crippen molar-refractivity contribution in [3.8, 4) is 0 Å². The van der Waals surface area contributed by atoms with E-state index in [0.29, 0.717) is 13.2 Å². The van der Waals surface area contributed by atoms with E-state index in [1.807, 2.05) is 0 Å². The van der Waals surface area contributed by atoms with Gasteiger partial charge in [-0.2, -0.15) is 0 Å². The van der Waals surface area contributed by atoms with Gasteiger partial charge >= 0.3 is 11.0 Å². The molecule has 8 nitrogen and oxygen atoms in total. The minimum atomic E-state index is -0.713. The summed E-state index contributed by atoms with van der Waals surface area (Å²) in [5.74, 6) is -0.954. The van der Waals surface area contributed by atoms with Crippen LogP contribution >= 0.6 is 11.3 Å². The second kappa shape index (κ2) is 7.27. The summed E-state index contributed by atoms with van der Waals surface area (Å²) < 4.78 is 10.8. The number of esters is 1. The number of nitro groups is 1. The van der Waals surface area contributed by atoms with Gasteiger partial charge in [0.25, 0.3) is 5.91 Å². The molecule has 3 rings (SSSR count). The normalized spacial score (nSPS) is 23.4. The lowest BCUT2D eigenvalue weighted by Gasteiger charge is -2.43. The lowest BCUT2D eigenvalue weighted by Crippen LogP contribution is -2.55. The number of hydrogen-bond acceptors (Lipinski definition) is 7. The first-order valence-electron chi connectivity index (χ1n) is 7.88. The van der Waals surface area contributed by atoms with Crippen molar-refractivity contribution >= 4 is 28.2 Å². The van der Waals surface area contributed by atoms with Gasteiger partial charge in [-0.25, -0.2) is 4.79 Å². The second-order valence-electron chi connectivity index (χ2n) is 5.82. The lowest BCUT2D eigenvalue weighted by molar-refractivity contribution is -0.380. The van der Waals surface area contributed by atoms with Crippen LogP contribution in [0.1, 0.15) is 35.4 Å². The third-order valence-electron chi connectivity index (χ3n) is 4.35. The first-order chi connectivity index (χ1) is 11.6. The summed E-state index contributed by atoms with van der Waals surface area (Å²) in [5.41, 5.74) is 0. The number of hydrogen-bond donors (Lipinski definition) is 0. The molecule has 2 fully saturated rings. The van der Waals surface area contributed by atoms with Gasteiger partial charge in [-0.3, -0.25) is 14.9 Å². The molecule has 0 unspecified atom stereocenters. The number of amides is 1. The van der Waals surface area contributed by atoms with E-state index in [1.165, 1.54) is 12.1 Å². The highest BCUT2D eigenvalue weighted by atomic mass is 32.1. The number of carbonyl (C=O) groups excluding carboxylic acids is 2. The van der Waals surface area contributed by atoms with Gasteiger partial charge < -0.3 is 14.4 Å². The summed E-state index contributed by atoms with van der Waals surface area (Å²) in [6.07, 6.45) is 4.10. The van der Waals surface area contributed by atoms with Crippen molar-refractivity contribution < 1.29 is 24.0 Å². The lowest BCUT2D eigenvalue weighted by atomic mass is 9.90. The zero-order valence-electron chi connectivity index (χ0n) is 13.0. The number of thiophene rings is 1. The van der Waals surface area contributed by atoms with Crippen LogP contribution in [-0.4, -0.2) is 53.6 Å². The molecule has 1 saturated heterocycles. The van der Waals surface area contributed by atoms with Crippen molar-refractivity contribution in [1.29, 1.82) is 0 Å². The first-order valence-corrected chi connectivity index (χ1v) is 8.70. The van der Waals surface area contributed by atoms with E-state index in [1.54, 1.807) is 4.90 Å². The van der Waals surface area contributed by atoms with Gasteiger partial charge in [0.2, 0.25) is 0 Å². The van der Waals surface area contributed by atoms with E-state index in [0.717, 1.165) is 37.0 Å². The molecule has 2 atom stereocenters. The zero-order valence-corrected chi connectivity index (χ0v) is 13.8. The predicted molar refractivity (Wildman–Crippen MR) is 85.0 cm³/mol. The molecule has 0 radical (unpaired) electrons. The molecule has 1 amide bonds. The van der Waals surface area contributed by atoms with Crippen LogP contribution in [-0.2, 0) is 14.3 Å². The van der Waals surface area contributed by atoms with Crippen molar-refractivity contribution in [3.63, 3.8) is 0 Å². The number of carbonyl (C=O) groups is 2. The summed E-state index contributed by atoms with van der Waals surface area (Å²) in [4.78, 5) is 36.2. The van der Waals surface area contributed by atoms with Crippen LogP contribution in [0.2, 0.25) is 0 Å². The predicted octanol–water partition coefficient (Wildman–Crippen LogP) is 1.98. The van der Waals surface area contributed by atoms with Gasteiger partial charge in [-0.05, 0) is 18.9 Å². The first kappa shape index (κ1) is 16.8. The fraction of sp³-hybridized carbons (Fsp3) is 0.600. The summed E-state index contributed by atoms with van der Waals surface area (Å²) in [6, 6.07) is 2.64. The standard InChI is InChI=1S/C15H18N2O6S/c18-13(16-7-8-22-11-4-2-1-3-10(11)16)9-23-15(19)12-5-6-14(24-12)17(20)21/h5-6,10-11H,1-4,7-9H2/t10-,11+/m1/s1. The molecular formula is C15H18N2O6S. The Hall–Kier alpha value is -2.00. The number of ether oxygens (including phenoxy) is 2. The summed E-state index contributed by atoms with van der Waals surface area (Å²) in [5, 5.41) is 10.5. The van der Waals surface area contributed by atoms with Crippen molar-refractivity contribution in [2.75, 3.05) is 19.8 Å². The third kappa shape index (κ3) is 3.57. The van der Waals surface area contributed by atoms with E-state index in [9.17, 15) is 19.7 Å². The Bertz CT molecular complexity index is 644. The molecular weight excluding hydrogens is 336 g/mol. The van der Waals surface area contributed by atoms with Crippen LogP contribution in [0.5, 0.6) is 0 Å². The summed E-state index contributed by atoms with van der Waals surface area (Å²) in [6.45, 7) is 0.647. The quantitative estimate of drug-likeness (QED) is 0.466. The summed E-state index contributed by atoms with van der Waals surface area (Å²) >= 11 is 0.736. The minimum absolute atomic E-state index is 0.0570. The monoisotopic (exact) mass is 354 g/mol. The molecule has 0 aromatic carbocycles. The van der Waals surface area contributed by atoms with Gasteiger partial charge in [0.1, 0.15) is 4.88 Å². The van der Waals surface area contributed by atoms with E-state index < -0.39 is 10.9 Å². The molecule has 130 valence electrons. The molecule has 1 saturated carbocycles. The van der Waals surface area contributed by atoms with E-state index in [2.05, 4.69) is 0 Å². The van der Waals surface area contributed by atoms with Gasteiger partial charge in [0.05, 0.1) is 23.7 Å². The number of fused-ring (bicyclic) bond motifs is 1. The fourth-order valence-electron chi connectivity index (χ4n) is 3.22. The Balaban J connectivity index is 1.56. The van der Waals surface area contributed by atoms with Gasteiger partial charge in [0, 0.05) is 12.6 Å². The van der Waals surface area contributed by atoms with Crippen LogP contribution in [0.15, 0.2) is 12.1 Å². The van der Waals surface area contributed by atoms with Crippen LogP contribution in [0.4, 0.5) is 5.00 Å². The molecule has 2 aliphatic rings. The van der Waals surface area contributed by atoms with E-state index >= 15 is 0 Å². The molecule has 1 aliphatic heterocycles. The molecule has 9 heteroatoms. The SMILES string of the molecule is O=C(OCC(=O)N1CCO[C@H]2CCCC[C@H]21)c1ccc([N+](=O)[O-])s1. The summed E-state index contributed by atoms with van der Waals surface area (Å²) in [7, 11) is 0. The maximum Gasteiger partial charge on any atom is 0.349 e. The van der Waals surface area contributed by atoms with Gasteiger partial charge in [-0.15, -0.1) is 0 Å². The zero-order chi connectivity index (χ0) is 17.1. The Morgan fingerprint density at radius 3 is 2.92 bits per heavy atom. The van der Waals surface area contributed by atoms with Crippen LogP contribution in [0.25, 0.3) is 0 Å². The van der Waals surface area contributed by atoms with Crippen molar-refractivity contribution in [2.45, 2.75) is 37.8 Å². The van der Waals surface area contributed by atoms with Gasteiger partial charge in [-0.1, -0.05) is 24.2 Å². The van der Waals surface area contributed by atoms with Crippen molar-refractivity contribution in [3.05, 3.63) is 27.1 Å². The molecule has 2 heterocycles. The van der Waals surface area contributed by atoms with Crippen LogP contribution in [0, 0.1) is 10.1 Å². The maximum absolute atomic E-state index is 12.4. The Morgan fingerprint density at radius 1 is 1.38 bits per heavy atom. The van der Waals surface area contributed by atoms with E-state index in [-0.39, 0.29) is 34.5 Å². The number of morpholine rings is 1. The minimum Gasteiger partial charge on any atom is -0.451 e. The number of nitrogens with zero attached hydrogens (tertiary/aromatic N) is 2. The average Bonchev–Trinajstić information content (AvgIpc) is 3.09. The molecule has 1 aromatic rings. The molecule has 1 aromatic heterocycles. The average molecular weight is 354 g/mol. The van der Waals surface area contributed by atoms with Crippen molar-refractivity contribution in [2.24, 2.45) is 0 Å². The Labute approximate surface area is 142 Å².